The van der Waals surface area contributed by atoms with Crippen molar-refractivity contribution in [1.29, 1.82) is 0 Å². The van der Waals surface area contributed by atoms with Crippen LogP contribution in [0, 0.1) is 0 Å². The number of thiazole rings is 1. The Morgan fingerprint density at radius 3 is 3.38 bits per heavy atom. The van der Waals surface area contributed by atoms with Crippen molar-refractivity contribution in [1.82, 2.24) is 14.8 Å². The van der Waals surface area contributed by atoms with E-state index >= 15 is 0 Å². The Morgan fingerprint density at radius 1 is 1.77 bits per heavy atom. The quantitative estimate of drug-likeness (QED) is 0.610. The fourth-order valence-corrected chi connectivity index (χ4v) is 2.01. The molecule has 0 aromatic carbocycles. The van der Waals surface area contributed by atoms with Gasteiger partial charge in [0.05, 0.1) is 6.21 Å². The average Bonchev–Trinajstić information content (AvgIpc) is 2.62. The van der Waals surface area contributed by atoms with Gasteiger partial charge in [0.2, 0.25) is 0 Å². The largest absolute Gasteiger partial charge is 0.313 e. The summed E-state index contributed by atoms with van der Waals surface area (Å²) in [5.41, 5.74) is 3.46. The molecule has 0 saturated carbocycles. The molecule has 0 aliphatic rings. The summed E-state index contributed by atoms with van der Waals surface area (Å²) in [6, 6.07) is 0. The smallest absolute Gasteiger partial charge is 0.195 e. The van der Waals surface area contributed by atoms with E-state index in [0.717, 1.165) is 10.7 Å². The van der Waals surface area contributed by atoms with Gasteiger partial charge in [-0.2, -0.15) is 5.10 Å². The molecule has 0 aliphatic carbocycles. The molecule has 2 heterocycles. The number of hydrogen-bond donors (Lipinski definition) is 1. The van der Waals surface area contributed by atoms with Crippen LogP contribution in [-0.2, 0) is 0 Å². The van der Waals surface area contributed by atoms with E-state index in [0.29, 0.717) is 5.15 Å². The van der Waals surface area contributed by atoms with E-state index in [1.54, 1.807) is 24.6 Å². The minimum absolute atomic E-state index is 0.478. The molecule has 4 nitrogen and oxygen atoms in total. The summed E-state index contributed by atoms with van der Waals surface area (Å²) < 4.78 is 1.90. The molecule has 0 saturated heterocycles. The molecule has 0 radical (unpaired) electrons. The van der Waals surface area contributed by atoms with Gasteiger partial charge in [-0.25, -0.2) is 4.98 Å². The first-order valence-corrected chi connectivity index (χ1v) is 4.89. The third-order valence-corrected chi connectivity index (χ3v) is 2.60. The van der Waals surface area contributed by atoms with Crippen LogP contribution in [0.2, 0.25) is 5.15 Å². The van der Waals surface area contributed by atoms with Crippen molar-refractivity contribution in [2.24, 2.45) is 5.10 Å². The van der Waals surface area contributed by atoms with E-state index in [4.69, 9.17) is 11.6 Å². The summed E-state index contributed by atoms with van der Waals surface area (Å²) in [5, 5.41) is 6.32. The maximum atomic E-state index is 5.90. The van der Waals surface area contributed by atoms with Crippen LogP contribution in [0.25, 0.3) is 4.96 Å². The summed E-state index contributed by atoms with van der Waals surface area (Å²) in [6.07, 6.45) is 3.56. The molecular weight excluding hydrogens is 208 g/mol. The average molecular weight is 215 g/mol. The van der Waals surface area contributed by atoms with Gasteiger partial charge < -0.3 is 5.43 Å². The molecule has 2 rings (SSSR count). The number of fused-ring (bicyclic) bond motifs is 1. The molecular formula is C7H7ClN4S. The molecule has 0 fully saturated rings. The molecule has 0 atom stereocenters. The Kier molecular flexibility index (Phi) is 2.20. The summed E-state index contributed by atoms with van der Waals surface area (Å²) in [6.45, 7) is 0. The van der Waals surface area contributed by atoms with E-state index in [2.05, 4.69) is 15.5 Å². The van der Waals surface area contributed by atoms with Gasteiger partial charge in [-0.15, -0.1) is 11.3 Å². The van der Waals surface area contributed by atoms with Gasteiger partial charge in [0.15, 0.2) is 10.1 Å². The van der Waals surface area contributed by atoms with Crippen molar-refractivity contribution in [3.05, 3.63) is 22.4 Å². The van der Waals surface area contributed by atoms with Crippen LogP contribution in [0.3, 0.4) is 0 Å². The maximum Gasteiger partial charge on any atom is 0.195 e. The van der Waals surface area contributed by atoms with Gasteiger partial charge in [0.1, 0.15) is 5.69 Å². The van der Waals surface area contributed by atoms with Crippen LogP contribution in [0.15, 0.2) is 16.7 Å². The molecule has 0 unspecified atom stereocenters. The highest BCUT2D eigenvalue weighted by molar-refractivity contribution is 7.15. The van der Waals surface area contributed by atoms with E-state index in [-0.39, 0.29) is 0 Å². The number of aromatic nitrogens is 2. The summed E-state index contributed by atoms with van der Waals surface area (Å²) >= 11 is 7.44. The first-order valence-electron chi connectivity index (χ1n) is 3.64. The van der Waals surface area contributed by atoms with E-state index in [9.17, 15) is 0 Å². The monoisotopic (exact) mass is 214 g/mol. The SMILES string of the molecule is CN/N=C/c1c(Cl)nc2sccn12. The van der Waals surface area contributed by atoms with Crippen LogP contribution in [0.1, 0.15) is 5.69 Å². The Morgan fingerprint density at radius 2 is 2.62 bits per heavy atom. The fourth-order valence-electron chi connectivity index (χ4n) is 1.02. The van der Waals surface area contributed by atoms with Gasteiger partial charge in [-0.1, -0.05) is 11.6 Å². The lowest BCUT2D eigenvalue weighted by molar-refractivity contribution is 0.906. The van der Waals surface area contributed by atoms with E-state index in [1.807, 2.05) is 16.0 Å². The van der Waals surface area contributed by atoms with Crippen LogP contribution in [-0.4, -0.2) is 22.6 Å². The van der Waals surface area contributed by atoms with Crippen molar-refractivity contribution >= 4 is 34.1 Å². The minimum Gasteiger partial charge on any atom is -0.313 e. The number of nitrogens with zero attached hydrogens (tertiary/aromatic N) is 3. The molecule has 13 heavy (non-hydrogen) atoms. The van der Waals surface area contributed by atoms with Gasteiger partial charge in [0.25, 0.3) is 0 Å². The number of hydrogen-bond acceptors (Lipinski definition) is 4. The predicted octanol–water partition coefficient (Wildman–Crippen LogP) is 1.60. The first-order chi connectivity index (χ1) is 6.33. The van der Waals surface area contributed by atoms with Crippen LogP contribution in [0.5, 0.6) is 0 Å². The maximum absolute atomic E-state index is 5.90. The summed E-state index contributed by atoms with van der Waals surface area (Å²) in [5.74, 6) is 0. The number of imidazole rings is 1. The molecule has 0 aliphatic heterocycles. The highest BCUT2D eigenvalue weighted by Crippen LogP contribution is 2.19. The second-order valence-corrected chi connectivity index (χ2v) is 3.56. The third-order valence-electron chi connectivity index (χ3n) is 1.57. The predicted molar refractivity (Wildman–Crippen MR) is 54.7 cm³/mol. The number of nitrogens with one attached hydrogen (secondary N) is 1. The van der Waals surface area contributed by atoms with Gasteiger partial charge >= 0.3 is 0 Å². The standard InChI is InChI=1S/C7H7ClN4S/c1-9-10-4-5-6(8)11-7-12(5)2-3-13-7/h2-4,9H,1H3/b10-4+. The number of halogens is 1. The fraction of sp³-hybridized carbons (Fsp3) is 0.143. The van der Waals surface area contributed by atoms with Crippen molar-refractivity contribution in [3.63, 3.8) is 0 Å². The lowest BCUT2D eigenvalue weighted by atomic mass is 10.5. The molecule has 0 amide bonds. The lowest BCUT2D eigenvalue weighted by Gasteiger charge is -1.89. The van der Waals surface area contributed by atoms with Gasteiger partial charge in [-0.05, 0) is 0 Å². The summed E-state index contributed by atoms with van der Waals surface area (Å²) in [4.78, 5) is 5.03. The van der Waals surface area contributed by atoms with Crippen molar-refractivity contribution < 1.29 is 0 Å². The van der Waals surface area contributed by atoms with Crippen molar-refractivity contribution in [3.8, 4) is 0 Å². The zero-order valence-corrected chi connectivity index (χ0v) is 8.43. The Labute approximate surface area is 83.9 Å². The molecule has 2 aromatic rings. The second kappa shape index (κ2) is 3.35. The molecule has 68 valence electrons. The van der Waals surface area contributed by atoms with Crippen LogP contribution in [0.4, 0.5) is 0 Å². The number of hydrazone groups is 1. The second-order valence-electron chi connectivity index (χ2n) is 2.33. The third kappa shape index (κ3) is 1.40. The molecule has 1 N–H and O–H groups in total. The van der Waals surface area contributed by atoms with Crippen molar-refractivity contribution in [2.45, 2.75) is 0 Å². The van der Waals surface area contributed by atoms with Crippen LogP contribution >= 0.6 is 22.9 Å². The van der Waals surface area contributed by atoms with Crippen LogP contribution < -0.4 is 5.43 Å². The van der Waals surface area contributed by atoms with Gasteiger partial charge in [0, 0.05) is 18.6 Å². The lowest BCUT2D eigenvalue weighted by Crippen LogP contribution is -1.96. The topological polar surface area (TPSA) is 41.7 Å². The Balaban J connectivity index is 2.57. The zero-order valence-electron chi connectivity index (χ0n) is 6.86. The molecule has 6 heteroatoms. The molecule has 2 aromatic heterocycles. The zero-order chi connectivity index (χ0) is 9.26. The Bertz CT molecular complexity index is 444. The van der Waals surface area contributed by atoms with E-state index in [1.165, 1.54) is 0 Å². The summed E-state index contributed by atoms with van der Waals surface area (Å²) in [7, 11) is 1.73. The highest BCUT2D eigenvalue weighted by atomic mass is 35.5. The number of rotatable bonds is 2. The highest BCUT2D eigenvalue weighted by Gasteiger charge is 2.08. The molecule has 0 bridgehead atoms. The van der Waals surface area contributed by atoms with E-state index < -0.39 is 0 Å². The van der Waals surface area contributed by atoms with Crippen molar-refractivity contribution in [2.75, 3.05) is 7.05 Å². The van der Waals surface area contributed by atoms with Gasteiger partial charge in [-0.3, -0.25) is 4.40 Å². The Hall–Kier alpha value is -1.07. The molecule has 0 spiro atoms. The minimum atomic E-state index is 0.478. The normalized spacial score (nSPS) is 11.5. The first kappa shape index (κ1) is 8.52.